The highest BCUT2D eigenvalue weighted by atomic mass is 32.2. The molecule has 2 aliphatic heterocycles. The lowest BCUT2D eigenvalue weighted by Crippen LogP contribution is -2.48. The van der Waals surface area contributed by atoms with E-state index in [0.29, 0.717) is 5.69 Å². The van der Waals surface area contributed by atoms with Crippen LogP contribution in [-0.2, 0) is 31.0 Å². The third-order valence-corrected chi connectivity index (χ3v) is 11.1. The molecule has 1 N–H and O–H groups in total. The van der Waals surface area contributed by atoms with Crippen LogP contribution < -0.4 is 10.2 Å². The van der Waals surface area contributed by atoms with Crippen molar-refractivity contribution in [3.63, 3.8) is 0 Å². The number of nitrogens with zero attached hydrogens (tertiary/aromatic N) is 3. The van der Waals surface area contributed by atoms with Crippen molar-refractivity contribution in [2.75, 3.05) is 62.7 Å². The van der Waals surface area contributed by atoms with E-state index in [1.165, 1.54) is 57.1 Å². The van der Waals surface area contributed by atoms with Gasteiger partial charge < -0.3 is 15.0 Å². The summed E-state index contributed by atoms with van der Waals surface area (Å²) in [6, 6.07) is 16.2. The molecule has 0 spiro atoms. The molecular formula is C28H29F3N4O6S2. The first kappa shape index (κ1) is 30.9. The molecular weight excluding hydrogens is 609 g/mol. The predicted octanol–water partition coefficient (Wildman–Crippen LogP) is 3.49. The van der Waals surface area contributed by atoms with Gasteiger partial charge in [-0.25, -0.2) is 16.8 Å². The van der Waals surface area contributed by atoms with Crippen LogP contribution in [0.15, 0.2) is 82.6 Å². The number of carbonyl (C=O) groups excluding carboxylic acids is 1. The number of morpholine rings is 1. The van der Waals surface area contributed by atoms with Crippen molar-refractivity contribution in [1.29, 1.82) is 0 Å². The molecule has 0 atom stereocenters. The Morgan fingerprint density at radius 2 is 1.37 bits per heavy atom. The number of nitrogens with one attached hydrogen (secondary N) is 1. The average molecular weight is 639 g/mol. The molecule has 5 rings (SSSR count). The number of hydrogen-bond acceptors (Lipinski definition) is 7. The van der Waals surface area contributed by atoms with Gasteiger partial charge in [0.1, 0.15) is 0 Å². The van der Waals surface area contributed by atoms with Crippen LogP contribution in [0.5, 0.6) is 0 Å². The summed E-state index contributed by atoms with van der Waals surface area (Å²) >= 11 is 0. The summed E-state index contributed by atoms with van der Waals surface area (Å²) in [5, 5.41) is 2.63. The molecule has 0 unspecified atom stereocenters. The molecule has 1 amide bonds. The summed E-state index contributed by atoms with van der Waals surface area (Å²) in [4.78, 5) is 14.6. The summed E-state index contributed by atoms with van der Waals surface area (Å²) in [7, 11) is -7.86. The third-order valence-electron chi connectivity index (χ3n) is 7.25. The zero-order valence-electron chi connectivity index (χ0n) is 22.8. The average Bonchev–Trinajstić information content (AvgIpc) is 3.01. The molecule has 2 heterocycles. The second-order valence-corrected chi connectivity index (χ2v) is 13.8. The lowest BCUT2D eigenvalue weighted by molar-refractivity contribution is -0.137. The number of benzene rings is 3. The molecule has 2 aliphatic rings. The highest BCUT2D eigenvalue weighted by Crippen LogP contribution is 2.32. The zero-order valence-corrected chi connectivity index (χ0v) is 24.5. The fraction of sp³-hybridized carbons (Fsp3) is 0.321. The van der Waals surface area contributed by atoms with Gasteiger partial charge in [-0.2, -0.15) is 21.8 Å². The van der Waals surface area contributed by atoms with E-state index in [4.69, 9.17) is 4.74 Å². The van der Waals surface area contributed by atoms with Crippen molar-refractivity contribution >= 4 is 37.3 Å². The Bertz CT molecular complexity index is 1690. The molecule has 2 fully saturated rings. The molecule has 15 heteroatoms. The van der Waals surface area contributed by atoms with Gasteiger partial charge in [0, 0.05) is 50.6 Å². The molecule has 3 aromatic rings. The summed E-state index contributed by atoms with van der Waals surface area (Å²) in [6.45, 7) is 1.44. The zero-order chi connectivity index (χ0) is 30.8. The summed E-state index contributed by atoms with van der Waals surface area (Å²) in [5.41, 5.74) is -0.193. The van der Waals surface area contributed by atoms with Crippen LogP contribution in [0.25, 0.3) is 0 Å². The van der Waals surface area contributed by atoms with Crippen molar-refractivity contribution < 1.29 is 39.5 Å². The van der Waals surface area contributed by atoms with Gasteiger partial charge in [0.25, 0.3) is 5.91 Å². The van der Waals surface area contributed by atoms with Crippen LogP contribution in [0.4, 0.5) is 24.5 Å². The number of piperazine rings is 1. The molecule has 2 saturated heterocycles. The van der Waals surface area contributed by atoms with E-state index in [1.807, 2.05) is 0 Å². The van der Waals surface area contributed by atoms with Crippen LogP contribution in [-0.4, -0.2) is 83.8 Å². The second-order valence-electron chi connectivity index (χ2n) is 9.93. The Morgan fingerprint density at radius 1 is 0.744 bits per heavy atom. The van der Waals surface area contributed by atoms with Gasteiger partial charge >= 0.3 is 6.18 Å². The standard InChI is InChI=1S/C28H29F3N4O6S2/c29-28(30,31)21-4-3-5-23(20-21)33-12-14-34(15-13-33)42(37,38)24-10-8-22(9-11-24)32-27(36)25-6-1-2-7-26(25)43(39,40)35-16-18-41-19-17-35/h1-11,20H,12-19H2,(H,32,36). The minimum absolute atomic E-state index is 0.0201. The largest absolute Gasteiger partial charge is 0.416 e. The quantitative estimate of drug-likeness (QED) is 0.421. The minimum atomic E-state index is -4.48. The number of sulfonamides is 2. The molecule has 0 saturated carbocycles. The molecule has 0 aliphatic carbocycles. The van der Waals surface area contributed by atoms with Crippen LogP contribution in [0.2, 0.25) is 0 Å². The number of alkyl halides is 3. The molecule has 3 aromatic carbocycles. The topological polar surface area (TPSA) is 116 Å². The minimum Gasteiger partial charge on any atom is -0.379 e. The van der Waals surface area contributed by atoms with E-state index in [1.54, 1.807) is 17.0 Å². The van der Waals surface area contributed by atoms with Crippen molar-refractivity contribution in [2.45, 2.75) is 16.0 Å². The Balaban J connectivity index is 1.25. The lowest BCUT2D eigenvalue weighted by Gasteiger charge is -2.35. The number of halogens is 3. The number of hydrogen-bond donors (Lipinski definition) is 1. The first-order chi connectivity index (χ1) is 20.4. The Morgan fingerprint density at radius 3 is 2.02 bits per heavy atom. The first-order valence-corrected chi connectivity index (χ1v) is 16.3. The van der Waals surface area contributed by atoms with Crippen LogP contribution in [0.3, 0.4) is 0 Å². The number of rotatable bonds is 7. The van der Waals surface area contributed by atoms with E-state index in [0.717, 1.165) is 12.1 Å². The Kier molecular flexibility index (Phi) is 8.81. The normalized spacial score (nSPS) is 17.5. The SMILES string of the molecule is O=C(Nc1ccc(S(=O)(=O)N2CCN(c3cccc(C(F)(F)F)c3)CC2)cc1)c1ccccc1S(=O)(=O)N1CCOCC1. The van der Waals surface area contributed by atoms with Gasteiger partial charge in [0.15, 0.2) is 0 Å². The van der Waals surface area contributed by atoms with Crippen LogP contribution in [0.1, 0.15) is 15.9 Å². The number of carbonyl (C=O) groups is 1. The highest BCUT2D eigenvalue weighted by molar-refractivity contribution is 7.89. The van der Waals surface area contributed by atoms with E-state index in [9.17, 15) is 34.8 Å². The smallest absolute Gasteiger partial charge is 0.379 e. The van der Waals surface area contributed by atoms with Gasteiger partial charge in [0.2, 0.25) is 20.0 Å². The van der Waals surface area contributed by atoms with Crippen molar-refractivity contribution in [1.82, 2.24) is 8.61 Å². The maximum Gasteiger partial charge on any atom is 0.416 e. The monoisotopic (exact) mass is 638 g/mol. The van der Waals surface area contributed by atoms with E-state index >= 15 is 0 Å². The van der Waals surface area contributed by atoms with Crippen molar-refractivity contribution in [3.05, 3.63) is 83.9 Å². The van der Waals surface area contributed by atoms with Crippen LogP contribution >= 0.6 is 0 Å². The predicted molar refractivity (Wildman–Crippen MR) is 153 cm³/mol. The van der Waals surface area contributed by atoms with E-state index < -0.39 is 37.7 Å². The van der Waals surface area contributed by atoms with Crippen molar-refractivity contribution in [3.8, 4) is 0 Å². The maximum atomic E-state index is 13.3. The van der Waals surface area contributed by atoms with Crippen LogP contribution in [0, 0.1) is 0 Å². The molecule has 10 nitrogen and oxygen atoms in total. The lowest BCUT2D eigenvalue weighted by atomic mass is 10.1. The second kappa shape index (κ2) is 12.2. The maximum absolute atomic E-state index is 13.3. The number of ether oxygens (including phenoxy) is 1. The number of anilines is 2. The van der Waals surface area contributed by atoms with E-state index in [-0.39, 0.29) is 73.5 Å². The molecule has 0 radical (unpaired) electrons. The molecule has 43 heavy (non-hydrogen) atoms. The molecule has 0 aromatic heterocycles. The van der Waals surface area contributed by atoms with Gasteiger partial charge in [-0.1, -0.05) is 18.2 Å². The number of amides is 1. The molecule has 0 bridgehead atoms. The Labute approximate surface area is 247 Å². The highest BCUT2D eigenvalue weighted by Gasteiger charge is 2.33. The fourth-order valence-electron chi connectivity index (χ4n) is 4.93. The first-order valence-electron chi connectivity index (χ1n) is 13.4. The summed E-state index contributed by atoms with van der Waals surface area (Å²) in [5.74, 6) is -0.672. The van der Waals surface area contributed by atoms with Gasteiger partial charge in [0.05, 0.1) is 34.1 Å². The molecule has 230 valence electrons. The fourth-order valence-corrected chi connectivity index (χ4v) is 7.95. The summed E-state index contributed by atoms with van der Waals surface area (Å²) in [6.07, 6.45) is -4.48. The summed E-state index contributed by atoms with van der Waals surface area (Å²) < 4.78 is 100.0. The van der Waals surface area contributed by atoms with Gasteiger partial charge in [-0.05, 0) is 54.6 Å². The van der Waals surface area contributed by atoms with Gasteiger partial charge in [-0.3, -0.25) is 4.79 Å². The van der Waals surface area contributed by atoms with Crippen molar-refractivity contribution in [2.24, 2.45) is 0 Å². The van der Waals surface area contributed by atoms with E-state index in [2.05, 4.69) is 5.32 Å². The third kappa shape index (κ3) is 6.70. The Hall–Kier alpha value is -3.50. The van der Waals surface area contributed by atoms with Gasteiger partial charge in [-0.15, -0.1) is 0 Å².